The van der Waals surface area contributed by atoms with E-state index in [0.29, 0.717) is 18.7 Å². The molecule has 2 rings (SSSR count). The number of hydrogen-bond donors (Lipinski definition) is 2. The Hall–Kier alpha value is -1.06. The second kappa shape index (κ2) is 7.47. The minimum absolute atomic E-state index is 0.382. The smallest absolute Gasteiger partial charge is 0.137 e. The first-order chi connectivity index (χ1) is 10.4. The van der Waals surface area contributed by atoms with Gasteiger partial charge < -0.3 is 14.7 Å². The highest BCUT2D eigenvalue weighted by Crippen LogP contribution is 2.23. The lowest BCUT2D eigenvalue weighted by Crippen LogP contribution is -3.20. The summed E-state index contributed by atoms with van der Waals surface area (Å²) in [6, 6.07) is 5.51. The predicted octanol–water partition coefficient (Wildman–Crippen LogP) is 2.20. The number of aryl methyl sites for hydroxylation is 2. The normalized spacial score (nSPS) is 26.7. The fourth-order valence-corrected chi connectivity index (χ4v) is 3.66. The summed E-state index contributed by atoms with van der Waals surface area (Å²) in [5.74, 6) is 0.909. The van der Waals surface area contributed by atoms with Crippen LogP contribution in [-0.4, -0.2) is 36.4 Å². The topological polar surface area (TPSA) is 33.9 Å². The van der Waals surface area contributed by atoms with E-state index in [1.807, 2.05) is 0 Å². The van der Waals surface area contributed by atoms with Crippen LogP contribution in [0.3, 0.4) is 0 Å². The van der Waals surface area contributed by atoms with Crippen molar-refractivity contribution < 1.29 is 14.7 Å². The van der Waals surface area contributed by atoms with Crippen molar-refractivity contribution in [1.82, 2.24) is 0 Å². The maximum Gasteiger partial charge on any atom is 0.137 e. The third kappa shape index (κ3) is 4.23. The van der Waals surface area contributed by atoms with Gasteiger partial charge in [-0.15, -0.1) is 0 Å². The predicted molar refractivity (Wildman–Crippen MR) is 90.8 cm³/mol. The van der Waals surface area contributed by atoms with E-state index in [1.54, 1.807) is 0 Å². The molecule has 3 heteroatoms. The van der Waals surface area contributed by atoms with Crippen LogP contribution in [0.25, 0.3) is 0 Å². The summed E-state index contributed by atoms with van der Waals surface area (Å²) in [7, 11) is 0. The van der Waals surface area contributed by atoms with Gasteiger partial charge in [-0.2, -0.15) is 0 Å². The van der Waals surface area contributed by atoms with E-state index in [1.165, 1.54) is 40.9 Å². The number of rotatable bonds is 5. The van der Waals surface area contributed by atoms with Crippen molar-refractivity contribution in [2.24, 2.45) is 0 Å². The number of aliphatic hydroxyl groups excluding tert-OH is 1. The Labute approximate surface area is 135 Å². The van der Waals surface area contributed by atoms with Crippen molar-refractivity contribution in [1.29, 1.82) is 0 Å². The highest BCUT2D eigenvalue weighted by atomic mass is 16.5. The molecule has 1 heterocycles. The summed E-state index contributed by atoms with van der Waals surface area (Å²) in [6.45, 7) is 12.0. The van der Waals surface area contributed by atoms with Crippen LogP contribution in [0.4, 0.5) is 0 Å². The molecule has 0 amide bonds. The molecule has 0 bridgehead atoms. The first kappa shape index (κ1) is 17.3. The van der Waals surface area contributed by atoms with Gasteiger partial charge >= 0.3 is 0 Å². The molecule has 1 unspecified atom stereocenters. The largest absolute Gasteiger partial charge is 0.490 e. The van der Waals surface area contributed by atoms with Gasteiger partial charge in [-0.05, 0) is 76.6 Å². The van der Waals surface area contributed by atoms with Gasteiger partial charge in [-0.25, -0.2) is 0 Å². The summed E-state index contributed by atoms with van der Waals surface area (Å²) < 4.78 is 5.91. The number of quaternary nitrogens is 1. The van der Waals surface area contributed by atoms with Gasteiger partial charge in [0.05, 0.1) is 12.1 Å². The fraction of sp³-hybridized carbons (Fsp3) is 0.684. The Kier molecular flexibility index (Phi) is 5.87. The van der Waals surface area contributed by atoms with E-state index >= 15 is 0 Å². The second-order valence-corrected chi connectivity index (χ2v) is 7.18. The van der Waals surface area contributed by atoms with Gasteiger partial charge in [0.1, 0.15) is 25.0 Å². The summed E-state index contributed by atoms with van der Waals surface area (Å²) in [6.07, 6.45) is 3.45. The van der Waals surface area contributed by atoms with Gasteiger partial charge in [-0.1, -0.05) is 6.07 Å². The van der Waals surface area contributed by atoms with E-state index in [0.717, 1.165) is 12.3 Å². The summed E-state index contributed by atoms with van der Waals surface area (Å²) in [5, 5.41) is 10.4. The van der Waals surface area contributed by atoms with E-state index in [2.05, 4.69) is 46.8 Å². The van der Waals surface area contributed by atoms with Crippen LogP contribution in [0, 0.1) is 20.8 Å². The van der Waals surface area contributed by atoms with Crippen LogP contribution >= 0.6 is 0 Å². The third-order valence-corrected chi connectivity index (χ3v) is 5.21. The molecule has 1 saturated heterocycles. The first-order valence-electron chi connectivity index (χ1n) is 8.62. The maximum absolute atomic E-state index is 10.4. The summed E-state index contributed by atoms with van der Waals surface area (Å²) in [4.78, 5) is 1.53. The fourth-order valence-electron chi connectivity index (χ4n) is 3.66. The lowest BCUT2D eigenvalue weighted by Gasteiger charge is -2.36. The number of hydrogen-bond acceptors (Lipinski definition) is 2. The van der Waals surface area contributed by atoms with Crippen LogP contribution in [-0.2, 0) is 0 Å². The van der Waals surface area contributed by atoms with Crippen LogP contribution in [0.2, 0.25) is 0 Å². The van der Waals surface area contributed by atoms with Crippen molar-refractivity contribution >= 4 is 0 Å². The quantitative estimate of drug-likeness (QED) is 0.874. The van der Waals surface area contributed by atoms with E-state index in [9.17, 15) is 5.11 Å². The summed E-state index contributed by atoms with van der Waals surface area (Å²) >= 11 is 0. The molecule has 0 saturated carbocycles. The third-order valence-electron chi connectivity index (χ3n) is 5.21. The van der Waals surface area contributed by atoms with Crippen LogP contribution in [0.15, 0.2) is 12.1 Å². The van der Waals surface area contributed by atoms with Gasteiger partial charge in [0, 0.05) is 0 Å². The summed E-state index contributed by atoms with van der Waals surface area (Å²) in [5.41, 5.74) is 3.62. The number of piperidine rings is 1. The Morgan fingerprint density at radius 2 is 1.82 bits per heavy atom. The van der Waals surface area contributed by atoms with E-state index < -0.39 is 6.10 Å². The number of benzene rings is 1. The number of likely N-dealkylation sites (tertiary alicyclic amines) is 1. The van der Waals surface area contributed by atoms with Gasteiger partial charge in [0.25, 0.3) is 0 Å². The molecule has 0 spiro atoms. The molecule has 0 radical (unpaired) electrons. The molecule has 0 aliphatic carbocycles. The molecule has 1 aromatic carbocycles. The van der Waals surface area contributed by atoms with Crippen molar-refractivity contribution in [3.05, 3.63) is 28.8 Å². The molecule has 3 nitrogen and oxygen atoms in total. The SMILES string of the molecule is Cc1cc(C)c(C)c(OC[C@@H](O)C[NH+]2[C@H](C)CCC[C@@H]2C)c1. The van der Waals surface area contributed by atoms with Crippen LogP contribution in [0.5, 0.6) is 5.75 Å². The maximum atomic E-state index is 10.4. The van der Waals surface area contributed by atoms with Crippen LogP contribution in [0.1, 0.15) is 49.8 Å². The average molecular weight is 306 g/mol. The van der Waals surface area contributed by atoms with Gasteiger partial charge in [0.2, 0.25) is 0 Å². The lowest BCUT2D eigenvalue weighted by atomic mass is 9.97. The van der Waals surface area contributed by atoms with Crippen molar-refractivity contribution in [3.8, 4) is 5.75 Å². The molecule has 124 valence electrons. The molecular weight excluding hydrogens is 274 g/mol. The van der Waals surface area contributed by atoms with Gasteiger partial charge in [0.15, 0.2) is 0 Å². The monoisotopic (exact) mass is 306 g/mol. The Morgan fingerprint density at radius 3 is 2.45 bits per heavy atom. The number of ether oxygens (including phenoxy) is 1. The highest BCUT2D eigenvalue weighted by molar-refractivity contribution is 5.41. The van der Waals surface area contributed by atoms with Crippen molar-refractivity contribution in [2.45, 2.75) is 72.1 Å². The zero-order valence-electron chi connectivity index (χ0n) is 14.8. The van der Waals surface area contributed by atoms with Crippen molar-refractivity contribution in [2.75, 3.05) is 13.2 Å². The number of aliphatic hydroxyl groups is 1. The van der Waals surface area contributed by atoms with Crippen molar-refractivity contribution in [3.63, 3.8) is 0 Å². The Morgan fingerprint density at radius 1 is 1.18 bits per heavy atom. The van der Waals surface area contributed by atoms with E-state index in [4.69, 9.17) is 4.74 Å². The first-order valence-corrected chi connectivity index (χ1v) is 8.62. The minimum atomic E-state index is -0.404. The molecular formula is C19H32NO2+. The number of nitrogens with one attached hydrogen (secondary N) is 1. The Balaban J connectivity index is 1.91. The lowest BCUT2D eigenvalue weighted by molar-refractivity contribution is -0.954. The second-order valence-electron chi connectivity index (χ2n) is 7.18. The molecule has 0 aromatic heterocycles. The van der Waals surface area contributed by atoms with Crippen LogP contribution < -0.4 is 9.64 Å². The molecule has 1 aliphatic rings. The van der Waals surface area contributed by atoms with E-state index in [-0.39, 0.29) is 0 Å². The Bertz CT molecular complexity index is 490. The molecule has 22 heavy (non-hydrogen) atoms. The zero-order valence-corrected chi connectivity index (χ0v) is 14.8. The molecule has 4 atom stereocenters. The molecule has 1 fully saturated rings. The minimum Gasteiger partial charge on any atom is -0.490 e. The standard InChI is InChI=1S/C19H31NO2/c1-13-9-14(2)17(5)19(10-13)22-12-18(21)11-20-15(3)7-6-8-16(20)4/h9-10,15-16,18,21H,6-8,11-12H2,1-5H3/p+1/t15-,16+,18-/m0/s1. The average Bonchev–Trinajstić information content (AvgIpc) is 2.45. The van der Waals surface area contributed by atoms with Gasteiger partial charge in [-0.3, -0.25) is 0 Å². The molecule has 2 N–H and O–H groups in total. The highest BCUT2D eigenvalue weighted by Gasteiger charge is 2.30. The molecule has 1 aliphatic heterocycles. The zero-order chi connectivity index (χ0) is 16.3. The molecule has 1 aromatic rings.